The molecule has 0 aliphatic rings. The van der Waals surface area contributed by atoms with Gasteiger partial charge in [0, 0.05) is 11.3 Å². The van der Waals surface area contributed by atoms with Crippen LogP contribution in [0.4, 0.5) is 0 Å². The number of Topliss-reactive ketones (excluding diaryl/α,β-unsaturated/α-hetero) is 2. The van der Waals surface area contributed by atoms with Crippen LogP contribution in [-0.2, 0) is 0 Å². The number of aryl methyl sites for hydroxylation is 3. The van der Waals surface area contributed by atoms with Gasteiger partial charge < -0.3 is 9.40 Å². The van der Waals surface area contributed by atoms with Crippen molar-refractivity contribution in [2.45, 2.75) is 52.0 Å². The van der Waals surface area contributed by atoms with E-state index in [4.69, 9.17) is 4.42 Å². The molecule has 1 unspecified atom stereocenters. The third kappa shape index (κ3) is 3.02. The number of aromatic nitrogens is 2. The summed E-state index contributed by atoms with van der Waals surface area (Å²) in [6, 6.07) is 0. The lowest BCUT2D eigenvalue weighted by Gasteiger charge is -2.07. The van der Waals surface area contributed by atoms with Crippen LogP contribution in [0.2, 0.25) is 0 Å². The van der Waals surface area contributed by atoms with Gasteiger partial charge in [-0.3, -0.25) is 9.59 Å². The Bertz CT molecular complexity index is 723. The first-order chi connectivity index (χ1) is 10.2. The molecule has 0 bridgehead atoms. The van der Waals surface area contributed by atoms with E-state index < -0.39 is 0 Å². The van der Waals surface area contributed by atoms with Crippen LogP contribution in [0.3, 0.4) is 0 Å². The average molecular weight is 320 g/mol. The van der Waals surface area contributed by atoms with Crippen molar-refractivity contribution in [3.05, 3.63) is 34.0 Å². The van der Waals surface area contributed by atoms with Gasteiger partial charge in [-0.05, 0) is 47.1 Å². The SMILES string of the molecule is CC(=O)c1c(C)[nH]c(C(=O)C(C)Sc2nc(C)c(C)o2)c1C. The van der Waals surface area contributed by atoms with Crippen molar-refractivity contribution >= 4 is 23.3 Å². The Balaban J connectivity index is 2.24. The topological polar surface area (TPSA) is 76.0 Å². The summed E-state index contributed by atoms with van der Waals surface area (Å²) in [7, 11) is 0. The summed E-state index contributed by atoms with van der Waals surface area (Å²) < 4.78 is 5.50. The number of rotatable bonds is 5. The van der Waals surface area contributed by atoms with Gasteiger partial charge in [0.05, 0.1) is 16.6 Å². The van der Waals surface area contributed by atoms with Crippen LogP contribution in [0, 0.1) is 27.7 Å². The van der Waals surface area contributed by atoms with Crippen molar-refractivity contribution in [1.29, 1.82) is 0 Å². The molecule has 0 saturated carbocycles. The first-order valence-corrected chi connectivity index (χ1v) is 7.95. The molecule has 0 spiro atoms. The third-order valence-corrected chi connectivity index (χ3v) is 4.64. The number of oxazole rings is 1. The fourth-order valence-corrected chi connectivity index (χ4v) is 3.32. The van der Waals surface area contributed by atoms with Gasteiger partial charge in [0.1, 0.15) is 5.76 Å². The minimum Gasteiger partial charge on any atom is -0.437 e. The van der Waals surface area contributed by atoms with Gasteiger partial charge in [-0.2, -0.15) is 0 Å². The van der Waals surface area contributed by atoms with Gasteiger partial charge in [-0.1, -0.05) is 11.8 Å². The van der Waals surface area contributed by atoms with E-state index >= 15 is 0 Å². The van der Waals surface area contributed by atoms with Crippen LogP contribution in [-0.4, -0.2) is 26.8 Å². The van der Waals surface area contributed by atoms with E-state index in [1.807, 2.05) is 20.8 Å². The van der Waals surface area contributed by atoms with E-state index in [1.54, 1.807) is 13.8 Å². The Hall–Kier alpha value is -1.82. The molecular weight excluding hydrogens is 300 g/mol. The maximum Gasteiger partial charge on any atom is 0.256 e. The molecule has 0 aliphatic carbocycles. The van der Waals surface area contributed by atoms with Crippen LogP contribution < -0.4 is 0 Å². The van der Waals surface area contributed by atoms with Crippen molar-refractivity contribution in [3.63, 3.8) is 0 Å². The number of hydrogen-bond donors (Lipinski definition) is 1. The highest BCUT2D eigenvalue weighted by molar-refractivity contribution is 8.00. The lowest BCUT2D eigenvalue weighted by Crippen LogP contribution is -2.15. The fourth-order valence-electron chi connectivity index (χ4n) is 2.43. The largest absolute Gasteiger partial charge is 0.437 e. The van der Waals surface area contributed by atoms with E-state index in [1.165, 1.54) is 18.7 Å². The smallest absolute Gasteiger partial charge is 0.256 e. The quantitative estimate of drug-likeness (QED) is 0.670. The number of thioether (sulfide) groups is 1. The normalized spacial score (nSPS) is 12.5. The van der Waals surface area contributed by atoms with Crippen molar-refractivity contribution in [2.75, 3.05) is 0 Å². The summed E-state index contributed by atoms with van der Waals surface area (Å²) in [6.07, 6.45) is 0. The molecule has 5 nitrogen and oxygen atoms in total. The maximum absolute atomic E-state index is 12.6. The molecule has 22 heavy (non-hydrogen) atoms. The first-order valence-electron chi connectivity index (χ1n) is 7.07. The van der Waals surface area contributed by atoms with E-state index in [0.717, 1.165) is 17.1 Å². The minimum absolute atomic E-state index is 0.0374. The molecule has 2 heterocycles. The number of ketones is 2. The highest BCUT2D eigenvalue weighted by Crippen LogP contribution is 2.28. The van der Waals surface area contributed by atoms with Crippen molar-refractivity contribution < 1.29 is 14.0 Å². The van der Waals surface area contributed by atoms with Crippen molar-refractivity contribution in [3.8, 4) is 0 Å². The van der Waals surface area contributed by atoms with Crippen LogP contribution in [0.1, 0.15) is 57.4 Å². The van der Waals surface area contributed by atoms with Crippen LogP contribution in [0.15, 0.2) is 9.64 Å². The van der Waals surface area contributed by atoms with Gasteiger partial charge in [-0.15, -0.1) is 0 Å². The molecule has 6 heteroatoms. The number of hydrogen-bond acceptors (Lipinski definition) is 5. The van der Waals surface area contributed by atoms with E-state index in [9.17, 15) is 9.59 Å². The molecule has 0 aromatic carbocycles. The average Bonchev–Trinajstić information content (AvgIpc) is 2.88. The zero-order valence-corrected chi connectivity index (χ0v) is 14.5. The number of carbonyl (C=O) groups is 2. The summed E-state index contributed by atoms with van der Waals surface area (Å²) in [6.45, 7) is 10.6. The summed E-state index contributed by atoms with van der Waals surface area (Å²) in [5, 5.41) is 0.137. The highest BCUT2D eigenvalue weighted by Gasteiger charge is 2.25. The summed E-state index contributed by atoms with van der Waals surface area (Å²) in [5.41, 5.74) is 3.36. The Kier molecular flexibility index (Phi) is 4.60. The zero-order valence-electron chi connectivity index (χ0n) is 13.7. The summed E-state index contributed by atoms with van der Waals surface area (Å²) >= 11 is 1.28. The fraction of sp³-hybridized carbons (Fsp3) is 0.438. The Morgan fingerprint density at radius 3 is 2.32 bits per heavy atom. The lowest BCUT2D eigenvalue weighted by molar-refractivity contribution is 0.0988. The van der Waals surface area contributed by atoms with Crippen LogP contribution in [0.5, 0.6) is 0 Å². The number of carbonyl (C=O) groups excluding carboxylic acids is 2. The molecule has 2 aromatic rings. The van der Waals surface area contributed by atoms with E-state index in [2.05, 4.69) is 9.97 Å². The Morgan fingerprint density at radius 1 is 1.23 bits per heavy atom. The van der Waals surface area contributed by atoms with Crippen molar-refractivity contribution in [1.82, 2.24) is 9.97 Å². The number of aromatic amines is 1. The second-order valence-electron chi connectivity index (χ2n) is 5.43. The monoisotopic (exact) mass is 320 g/mol. The molecule has 0 radical (unpaired) electrons. The standard InChI is InChI=1S/C16H20N2O3S/c1-7-13(10(4)19)9(3)17-14(7)15(20)12(6)22-16-18-8(2)11(5)21-16/h12,17H,1-6H3. The molecule has 0 aliphatic heterocycles. The van der Waals surface area contributed by atoms with Crippen LogP contribution in [0.25, 0.3) is 0 Å². The van der Waals surface area contributed by atoms with Gasteiger partial charge in [0.25, 0.3) is 5.22 Å². The molecule has 1 atom stereocenters. The highest BCUT2D eigenvalue weighted by atomic mass is 32.2. The predicted octanol–water partition coefficient (Wildman–Crippen LogP) is 3.80. The molecule has 1 N–H and O–H groups in total. The predicted molar refractivity (Wildman–Crippen MR) is 85.9 cm³/mol. The maximum atomic E-state index is 12.6. The second kappa shape index (κ2) is 6.12. The molecule has 118 valence electrons. The molecular formula is C16H20N2O3S. The molecule has 2 aromatic heterocycles. The first kappa shape index (κ1) is 16.5. The lowest BCUT2D eigenvalue weighted by atomic mass is 10.0. The van der Waals surface area contributed by atoms with Gasteiger partial charge in [0.2, 0.25) is 0 Å². The van der Waals surface area contributed by atoms with Gasteiger partial charge in [0.15, 0.2) is 11.6 Å². The van der Waals surface area contributed by atoms with Crippen molar-refractivity contribution in [2.24, 2.45) is 0 Å². The van der Waals surface area contributed by atoms with Gasteiger partial charge in [-0.25, -0.2) is 4.98 Å². The number of H-pyrrole nitrogens is 1. The third-order valence-electron chi connectivity index (χ3n) is 3.69. The summed E-state index contributed by atoms with van der Waals surface area (Å²) in [5.74, 6) is 0.657. The van der Waals surface area contributed by atoms with Gasteiger partial charge >= 0.3 is 0 Å². The molecule has 0 amide bonds. The van der Waals surface area contributed by atoms with Crippen LogP contribution >= 0.6 is 11.8 Å². The molecule has 0 fully saturated rings. The Morgan fingerprint density at radius 2 is 1.86 bits per heavy atom. The molecule has 0 saturated heterocycles. The summed E-state index contributed by atoms with van der Waals surface area (Å²) in [4.78, 5) is 31.6. The van der Waals surface area contributed by atoms with E-state index in [0.29, 0.717) is 22.0 Å². The number of nitrogens with zero attached hydrogens (tertiary/aromatic N) is 1. The zero-order chi connectivity index (χ0) is 16.6. The minimum atomic E-state index is -0.353. The number of nitrogens with one attached hydrogen (secondary N) is 1. The Labute approximate surface area is 133 Å². The second-order valence-corrected chi connectivity index (χ2v) is 6.72. The van der Waals surface area contributed by atoms with E-state index in [-0.39, 0.29) is 16.8 Å². The molecule has 2 rings (SSSR count).